The molecule has 0 fully saturated rings. The smallest absolute Gasteiger partial charge is 0.191 e. The Kier molecular flexibility index (Phi) is 7.36. The van der Waals surface area contributed by atoms with Gasteiger partial charge in [-0.15, -0.1) is 0 Å². The molecule has 0 radical (unpaired) electrons. The molecule has 0 saturated heterocycles. The fraction of sp³-hybridized carbons (Fsp3) is 0.500. The molecule has 1 heterocycles. The van der Waals surface area contributed by atoms with Gasteiger partial charge in [0.05, 0.1) is 24.8 Å². The first kappa shape index (κ1) is 20.9. The Bertz CT molecular complexity index is 768. The molecule has 0 amide bonds. The molecule has 1 aromatic carbocycles. The quantitative estimate of drug-likeness (QED) is 0.578. The summed E-state index contributed by atoms with van der Waals surface area (Å²) in [5, 5.41) is 10.9. The van der Waals surface area contributed by atoms with Crippen molar-refractivity contribution in [2.45, 2.75) is 32.9 Å². The molecule has 148 valence electrons. The van der Waals surface area contributed by atoms with E-state index in [-0.39, 0.29) is 17.9 Å². The SMILES string of the molecule is CCNC(=NCC(c1cnn(C)c1)N(C)C)NC(C)c1ccc(C)c(F)c1. The summed E-state index contributed by atoms with van der Waals surface area (Å²) in [6.45, 7) is 7.13. The second-order valence-electron chi connectivity index (χ2n) is 7.02. The first-order valence-electron chi connectivity index (χ1n) is 9.27. The van der Waals surface area contributed by atoms with Gasteiger partial charge in [0, 0.05) is 25.4 Å². The Morgan fingerprint density at radius 3 is 2.63 bits per heavy atom. The van der Waals surface area contributed by atoms with Crippen LogP contribution >= 0.6 is 0 Å². The van der Waals surface area contributed by atoms with Gasteiger partial charge in [-0.3, -0.25) is 9.67 Å². The zero-order valence-electron chi connectivity index (χ0n) is 17.1. The highest BCUT2D eigenvalue weighted by Gasteiger charge is 2.16. The maximum atomic E-state index is 13.9. The number of benzene rings is 1. The van der Waals surface area contributed by atoms with E-state index >= 15 is 0 Å². The minimum atomic E-state index is -0.188. The van der Waals surface area contributed by atoms with Crippen molar-refractivity contribution in [3.8, 4) is 0 Å². The van der Waals surface area contributed by atoms with Crippen molar-refractivity contribution >= 4 is 5.96 Å². The van der Waals surface area contributed by atoms with Crippen molar-refractivity contribution < 1.29 is 4.39 Å². The molecule has 2 rings (SSSR count). The summed E-state index contributed by atoms with van der Waals surface area (Å²) in [6, 6.07) is 5.39. The summed E-state index contributed by atoms with van der Waals surface area (Å²) in [5.41, 5.74) is 2.66. The molecule has 1 aromatic heterocycles. The summed E-state index contributed by atoms with van der Waals surface area (Å²) in [4.78, 5) is 6.88. The van der Waals surface area contributed by atoms with Crippen LogP contribution < -0.4 is 10.6 Å². The number of guanidine groups is 1. The molecule has 2 aromatic rings. The highest BCUT2D eigenvalue weighted by Crippen LogP contribution is 2.18. The van der Waals surface area contributed by atoms with Crippen molar-refractivity contribution in [1.82, 2.24) is 25.3 Å². The van der Waals surface area contributed by atoms with E-state index in [1.165, 1.54) is 0 Å². The third kappa shape index (κ3) is 5.79. The Hall–Kier alpha value is -2.41. The fourth-order valence-corrected chi connectivity index (χ4v) is 2.84. The predicted molar refractivity (Wildman–Crippen MR) is 108 cm³/mol. The molecule has 2 unspecified atom stereocenters. The van der Waals surface area contributed by atoms with Gasteiger partial charge in [-0.25, -0.2) is 4.39 Å². The van der Waals surface area contributed by atoms with Crippen LogP contribution in [0.15, 0.2) is 35.6 Å². The molecule has 0 spiro atoms. The molecular weight excluding hydrogens is 343 g/mol. The van der Waals surface area contributed by atoms with E-state index in [2.05, 4.69) is 20.6 Å². The van der Waals surface area contributed by atoms with Gasteiger partial charge in [0.2, 0.25) is 0 Å². The molecule has 0 saturated carbocycles. The third-order valence-electron chi connectivity index (χ3n) is 4.55. The van der Waals surface area contributed by atoms with E-state index in [1.54, 1.807) is 23.7 Å². The van der Waals surface area contributed by atoms with Crippen molar-refractivity contribution in [3.63, 3.8) is 0 Å². The maximum Gasteiger partial charge on any atom is 0.191 e. The largest absolute Gasteiger partial charge is 0.357 e. The van der Waals surface area contributed by atoms with Gasteiger partial charge < -0.3 is 15.5 Å². The Morgan fingerprint density at radius 2 is 2.07 bits per heavy atom. The molecule has 0 aliphatic heterocycles. The summed E-state index contributed by atoms with van der Waals surface area (Å²) in [6.07, 6.45) is 3.89. The molecule has 6 nitrogen and oxygen atoms in total. The number of rotatable bonds is 7. The van der Waals surface area contributed by atoms with E-state index in [9.17, 15) is 4.39 Å². The van der Waals surface area contributed by atoms with Crippen LogP contribution in [0.2, 0.25) is 0 Å². The monoisotopic (exact) mass is 374 g/mol. The van der Waals surface area contributed by atoms with Crippen LogP contribution in [-0.2, 0) is 7.05 Å². The second kappa shape index (κ2) is 9.50. The van der Waals surface area contributed by atoms with Gasteiger partial charge in [-0.1, -0.05) is 12.1 Å². The summed E-state index contributed by atoms with van der Waals surface area (Å²) >= 11 is 0. The molecule has 0 aliphatic rings. The number of nitrogens with zero attached hydrogens (tertiary/aromatic N) is 4. The lowest BCUT2D eigenvalue weighted by Gasteiger charge is -2.23. The highest BCUT2D eigenvalue weighted by atomic mass is 19.1. The average Bonchev–Trinajstić information content (AvgIpc) is 3.03. The van der Waals surface area contributed by atoms with Crippen molar-refractivity contribution in [3.05, 3.63) is 53.1 Å². The van der Waals surface area contributed by atoms with Crippen LogP contribution in [0.5, 0.6) is 0 Å². The van der Waals surface area contributed by atoms with E-state index in [4.69, 9.17) is 4.99 Å². The molecule has 27 heavy (non-hydrogen) atoms. The lowest BCUT2D eigenvalue weighted by Crippen LogP contribution is -2.39. The minimum Gasteiger partial charge on any atom is -0.357 e. The highest BCUT2D eigenvalue weighted by molar-refractivity contribution is 5.80. The molecular formula is C20H31FN6. The number of likely N-dealkylation sites (N-methyl/N-ethyl adjacent to an activating group) is 1. The number of hydrogen-bond donors (Lipinski definition) is 2. The van der Waals surface area contributed by atoms with Crippen LogP contribution in [0.3, 0.4) is 0 Å². The Morgan fingerprint density at radius 1 is 1.33 bits per heavy atom. The summed E-state index contributed by atoms with van der Waals surface area (Å²) < 4.78 is 15.7. The molecule has 7 heteroatoms. The van der Waals surface area contributed by atoms with E-state index in [0.29, 0.717) is 18.1 Å². The first-order chi connectivity index (χ1) is 12.8. The fourth-order valence-electron chi connectivity index (χ4n) is 2.84. The predicted octanol–water partition coefficient (Wildman–Crippen LogP) is 2.79. The number of aryl methyl sites for hydroxylation is 2. The average molecular weight is 375 g/mol. The Labute approximate surface area is 161 Å². The van der Waals surface area contributed by atoms with Gasteiger partial charge in [-0.05, 0) is 52.1 Å². The number of nitrogens with one attached hydrogen (secondary N) is 2. The maximum absolute atomic E-state index is 13.9. The van der Waals surface area contributed by atoms with Gasteiger partial charge in [0.1, 0.15) is 5.82 Å². The summed E-state index contributed by atoms with van der Waals surface area (Å²) in [7, 11) is 5.98. The number of halogens is 1. The number of aliphatic imine (C=N–C) groups is 1. The van der Waals surface area contributed by atoms with Gasteiger partial charge in [-0.2, -0.15) is 5.10 Å². The van der Waals surface area contributed by atoms with Crippen LogP contribution in [-0.4, -0.2) is 47.8 Å². The Balaban J connectivity index is 2.13. The van der Waals surface area contributed by atoms with E-state index in [0.717, 1.165) is 17.7 Å². The van der Waals surface area contributed by atoms with Gasteiger partial charge in [0.15, 0.2) is 5.96 Å². The molecule has 0 bridgehead atoms. The summed E-state index contributed by atoms with van der Waals surface area (Å²) in [5.74, 6) is 0.522. The second-order valence-corrected chi connectivity index (χ2v) is 7.02. The van der Waals surface area contributed by atoms with Crippen molar-refractivity contribution in [2.75, 3.05) is 27.2 Å². The minimum absolute atomic E-state index is 0.0610. The third-order valence-corrected chi connectivity index (χ3v) is 4.55. The lowest BCUT2D eigenvalue weighted by molar-refractivity contribution is 0.306. The van der Waals surface area contributed by atoms with Crippen LogP contribution in [0, 0.1) is 12.7 Å². The van der Waals surface area contributed by atoms with E-state index < -0.39 is 0 Å². The lowest BCUT2D eigenvalue weighted by atomic mass is 10.1. The van der Waals surface area contributed by atoms with Crippen LogP contribution in [0.25, 0.3) is 0 Å². The van der Waals surface area contributed by atoms with Crippen LogP contribution in [0.4, 0.5) is 4.39 Å². The molecule has 0 aliphatic carbocycles. The van der Waals surface area contributed by atoms with Gasteiger partial charge >= 0.3 is 0 Å². The van der Waals surface area contributed by atoms with Crippen molar-refractivity contribution in [2.24, 2.45) is 12.0 Å². The van der Waals surface area contributed by atoms with E-state index in [1.807, 2.05) is 53.5 Å². The van der Waals surface area contributed by atoms with Crippen LogP contribution in [0.1, 0.15) is 42.6 Å². The van der Waals surface area contributed by atoms with Gasteiger partial charge in [0.25, 0.3) is 0 Å². The first-order valence-corrected chi connectivity index (χ1v) is 9.27. The normalized spacial score (nSPS) is 14.3. The topological polar surface area (TPSA) is 57.5 Å². The standard InChI is InChI=1S/C20H31FN6/c1-7-22-20(25-15(3)16-9-8-14(2)18(21)10-16)23-12-19(26(4)5)17-11-24-27(6)13-17/h8-11,13,15,19H,7,12H2,1-6H3,(H2,22,23,25). The molecule has 2 N–H and O–H groups in total. The zero-order chi connectivity index (χ0) is 20.0. The number of aromatic nitrogens is 2. The molecule has 2 atom stereocenters. The number of hydrogen-bond acceptors (Lipinski definition) is 3. The van der Waals surface area contributed by atoms with Crippen molar-refractivity contribution in [1.29, 1.82) is 0 Å². The zero-order valence-corrected chi connectivity index (χ0v) is 17.1.